The van der Waals surface area contributed by atoms with Crippen LogP contribution in [0.4, 0.5) is 0 Å². The second-order valence-electron chi connectivity index (χ2n) is 6.62. The highest BCUT2D eigenvalue weighted by atomic mass is 16.2. The summed E-state index contributed by atoms with van der Waals surface area (Å²) in [6.07, 6.45) is 3.74. The molecule has 0 radical (unpaired) electrons. The maximum absolute atomic E-state index is 12.9. The van der Waals surface area contributed by atoms with Crippen LogP contribution in [0.5, 0.6) is 0 Å². The Bertz CT molecular complexity index is 712. The summed E-state index contributed by atoms with van der Waals surface area (Å²) in [6, 6.07) is 9.91. The summed E-state index contributed by atoms with van der Waals surface area (Å²) in [5.41, 5.74) is 2.90. The van der Waals surface area contributed by atoms with Gasteiger partial charge in [0.25, 0.3) is 5.91 Å². The van der Waals surface area contributed by atoms with Gasteiger partial charge in [0.05, 0.1) is 11.7 Å². The molecule has 1 aromatic heterocycles. The first-order valence-corrected chi connectivity index (χ1v) is 8.39. The topological polar surface area (TPSA) is 49.3 Å². The molecule has 1 fully saturated rings. The molecule has 24 heavy (non-hydrogen) atoms. The van der Waals surface area contributed by atoms with Gasteiger partial charge in [-0.1, -0.05) is 12.1 Å². The van der Waals surface area contributed by atoms with Crippen molar-refractivity contribution in [2.75, 3.05) is 20.6 Å². The molecule has 1 amide bonds. The minimum atomic E-state index is 0.0562. The molecule has 0 bridgehead atoms. The summed E-state index contributed by atoms with van der Waals surface area (Å²) >= 11 is 0. The molecule has 5 nitrogen and oxygen atoms in total. The summed E-state index contributed by atoms with van der Waals surface area (Å²) in [4.78, 5) is 25.7. The third-order valence-electron chi connectivity index (χ3n) is 4.35. The van der Waals surface area contributed by atoms with Crippen molar-refractivity contribution in [2.45, 2.75) is 32.4 Å². The molecule has 1 aliphatic rings. The highest BCUT2D eigenvalue weighted by molar-refractivity contribution is 5.94. The number of hydrogen-bond acceptors (Lipinski definition) is 4. The second kappa shape index (κ2) is 7.09. The van der Waals surface area contributed by atoms with Gasteiger partial charge in [-0.2, -0.15) is 0 Å². The van der Waals surface area contributed by atoms with Crippen molar-refractivity contribution in [2.24, 2.45) is 0 Å². The van der Waals surface area contributed by atoms with Gasteiger partial charge in [0.1, 0.15) is 5.82 Å². The van der Waals surface area contributed by atoms with Crippen LogP contribution >= 0.6 is 0 Å². The summed E-state index contributed by atoms with van der Waals surface area (Å²) in [7, 11) is 4.08. The minimum absolute atomic E-state index is 0.0562. The van der Waals surface area contributed by atoms with E-state index in [-0.39, 0.29) is 11.9 Å². The van der Waals surface area contributed by atoms with Crippen LogP contribution in [0, 0.1) is 6.92 Å². The number of hydrogen-bond donors (Lipinski definition) is 0. The van der Waals surface area contributed by atoms with Crippen molar-refractivity contribution in [3.05, 3.63) is 59.2 Å². The van der Waals surface area contributed by atoms with Crippen molar-refractivity contribution < 1.29 is 4.79 Å². The van der Waals surface area contributed by atoms with Crippen molar-refractivity contribution in [1.29, 1.82) is 0 Å². The van der Waals surface area contributed by atoms with Crippen molar-refractivity contribution in [1.82, 2.24) is 19.8 Å². The quantitative estimate of drug-likeness (QED) is 0.868. The van der Waals surface area contributed by atoms with Crippen molar-refractivity contribution in [3.63, 3.8) is 0 Å². The smallest absolute Gasteiger partial charge is 0.254 e. The Hall–Kier alpha value is -2.27. The molecule has 1 saturated heterocycles. The SMILES string of the molecule is Cc1nccc(C2CCCN2C(=O)c2ccc(CN(C)C)cc2)n1. The molecule has 1 unspecified atom stereocenters. The van der Waals surface area contributed by atoms with Gasteiger partial charge < -0.3 is 9.80 Å². The minimum Gasteiger partial charge on any atom is -0.330 e. The summed E-state index contributed by atoms with van der Waals surface area (Å²) in [6.45, 7) is 3.54. The van der Waals surface area contributed by atoms with E-state index in [9.17, 15) is 4.79 Å². The fourth-order valence-corrected chi connectivity index (χ4v) is 3.26. The molecular formula is C19H24N4O. The molecule has 2 aromatic rings. The molecule has 0 N–H and O–H groups in total. The van der Waals surface area contributed by atoms with E-state index in [2.05, 4.69) is 14.9 Å². The van der Waals surface area contributed by atoms with Gasteiger partial charge in [0.15, 0.2) is 0 Å². The van der Waals surface area contributed by atoms with E-state index in [1.54, 1.807) is 6.20 Å². The molecule has 1 aliphatic heterocycles. The number of carbonyl (C=O) groups excluding carboxylic acids is 1. The van der Waals surface area contributed by atoms with Crippen LogP contribution in [0.15, 0.2) is 36.5 Å². The maximum Gasteiger partial charge on any atom is 0.254 e. The van der Waals surface area contributed by atoms with Gasteiger partial charge in [0.2, 0.25) is 0 Å². The lowest BCUT2D eigenvalue weighted by atomic mass is 10.1. The van der Waals surface area contributed by atoms with Crippen LogP contribution < -0.4 is 0 Å². The predicted octanol–water partition coefficient (Wildman–Crippen LogP) is 2.82. The molecule has 0 saturated carbocycles. The number of benzene rings is 1. The van der Waals surface area contributed by atoms with Crippen LogP contribution in [0.25, 0.3) is 0 Å². The van der Waals surface area contributed by atoms with E-state index in [4.69, 9.17) is 0 Å². The normalized spacial score (nSPS) is 17.5. The molecule has 1 aromatic carbocycles. The fourth-order valence-electron chi connectivity index (χ4n) is 3.26. The molecule has 1 atom stereocenters. The largest absolute Gasteiger partial charge is 0.330 e. The van der Waals surface area contributed by atoms with Crippen LogP contribution in [0.3, 0.4) is 0 Å². The first-order valence-electron chi connectivity index (χ1n) is 8.39. The summed E-state index contributed by atoms with van der Waals surface area (Å²) < 4.78 is 0. The van der Waals surface area contributed by atoms with E-state index >= 15 is 0 Å². The predicted molar refractivity (Wildman–Crippen MR) is 93.6 cm³/mol. The number of nitrogens with zero attached hydrogens (tertiary/aromatic N) is 4. The molecule has 3 rings (SSSR count). The lowest BCUT2D eigenvalue weighted by Gasteiger charge is -2.24. The molecule has 0 aliphatic carbocycles. The first-order chi connectivity index (χ1) is 11.5. The number of rotatable bonds is 4. The van der Waals surface area contributed by atoms with Crippen LogP contribution in [0.1, 0.15) is 46.3 Å². The Morgan fingerprint density at radius 1 is 1.25 bits per heavy atom. The van der Waals surface area contributed by atoms with E-state index in [0.717, 1.165) is 43.0 Å². The van der Waals surface area contributed by atoms with Gasteiger partial charge in [0, 0.05) is 24.8 Å². The van der Waals surface area contributed by atoms with E-state index in [0.29, 0.717) is 0 Å². The number of amides is 1. The van der Waals surface area contributed by atoms with E-state index in [1.807, 2.05) is 56.3 Å². The summed E-state index contributed by atoms with van der Waals surface area (Å²) in [5, 5.41) is 0. The Kier molecular flexibility index (Phi) is 4.90. The molecule has 0 spiro atoms. The van der Waals surface area contributed by atoms with Gasteiger partial charge in [-0.05, 0) is 57.6 Å². The maximum atomic E-state index is 12.9. The Balaban J connectivity index is 1.78. The Morgan fingerprint density at radius 2 is 2.00 bits per heavy atom. The average Bonchev–Trinajstić information content (AvgIpc) is 3.04. The number of carbonyl (C=O) groups is 1. The molecule has 126 valence electrons. The lowest BCUT2D eigenvalue weighted by Crippen LogP contribution is -2.31. The van der Waals surface area contributed by atoms with Crippen LogP contribution in [-0.2, 0) is 6.54 Å². The first kappa shape index (κ1) is 16.6. The van der Waals surface area contributed by atoms with E-state index < -0.39 is 0 Å². The number of aromatic nitrogens is 2. The zero-order valence-electron chi connectivity index (χ0n) is 14.6. The summed E-state index contributed by atoms with van der Waals surface area (Å²) in [5.74, 6) is 0.838. The molecule has 2 heterocycles. The van der Waals surface area contributed by atoms with Crippen LogP contribution in [0.2, 0.25) is 0 Å². The second-order valence-corrected chi connectivity index (χ2v) is 6.62. The standard InChI is InChI=1S/C19H24N4O/c1-14-20-11-10-17(21-14)18-5-4-12-23(18)19(24)16-8-6-15(7-9-16)13-22(2)3/h6-11,18H,4-5,12-13H2,1-3H3. The Morgan fingerprint density at radius 3 is 2.67 bits per heavy atom. The third-order valence-corrected chi connectivity index (χ3v) is 4.35. The van der Waals surface area contributed by atoms with Crippen LogP contribution in [-0.4, -0.2) is 46.3 Å². The highest BCUT2D eigenvalue weighted by Crippen LogP contribution is 2.32. The Labute approximate surface area is 143 Å². The number of likely N-dealkylation sites (tertiary alicyclic amines) is 1. The highest BCUT2D eigenvalue weighted by Gasteiger charge is 2.31. The lowest BCUT2D eigenvalue weighted by molar-refractivity contribution is 0.0732. The monoisotopic (exact) mass is 324 g/mol. The van der Waals surface area contributed by atoms with Gasteiger partial charge >= 0.3 is 0 Å². The third kappa shape index (κ3) is 3.62. The molecular weight excluding hydrogens is 300 g/mol. The van der Waals surface area contributed by atoms with Crippen molar-refractivity contribution >= 4 is 5.91 Å². The van der Waals surface area contributed by atoms with E-state index in [1.165, 1.54) is 5.56 Å². The fraction of sp³-hybridized carbons (Fsp3) is 0.421. The van der Waals surface area contributed by atoms with Gasteiger partial charge in [-0.25, -0.2) is 9.97 Å². The molecule has 5 heteroatoms. The van der Waals surface area contributed by atoms with Gasteiger partial charge in [-0.3, -0.25) is 4.79 Å². The number of aryl methyl sites for hydroxylation is 1. The van der Waals surface area contributed by atoms with Crippen molar-refractivity contribution in [3.8, 4) is 0 Å². The zero-order chi connectivity index (χ0) is 17.1. The zero-order valence-corrected chi connectivity index (χ0v) is 14.6. The van der Waals surface area contributed by atoms with Gasteiger partial charge in [-0.15, -0.1) is 0 Å². The average molecular weight is 324 g/mol.